The third-order valence-electron chi connectivity index (χ3n) is 3.45. The maximum absolute atomic E-state index is 12.2. The topological polar surface area (TPSA) is 38.2 Å². The van der Waals surface area contributed by atoms with E-state index in [2.05, 4.69) is 16.0 Å². The summed E-state index contributed by atoms with van der Waals surface area (Å²) in [5.74, 6) is 1.45. The number of nitrogens with zero attached hydrogens (tertiary/aromatic N) is 3. The van der Waals surface area contributed by atoms with Crippen molar-refractivity contribution in [1.29, 1.82) is 0 Å². The molecule has 3 rings (SSSR count). The Hall–Kier alpha value is -1.82. The van der Waals surface area contributed by atoms with E-state index in [1.807, 2.05) is 37.2 Å². The molecule has 6 heteroatoms. The molecule has 0 bridgehead atoms. The summed E-state index contributed by atoms with van der Waals surface area (Å²) in [4.78, 5) is 12.0. The maximum atomic E-state index is 12.2. The van der Waals surface area contributed by atoms with Crippen LogP contribution >= 0.6 is 11.8 Å². The quantitative estimate of drug-likeness (QED) is 0.845. The number of fused-ring (bicyclic) bond motifs is 1. The lowest BCUT2D eigenvalue weighted by Crippen LogP contribution is -2.13. The molecular formula is C16H18FN3OS. The van der Waals surface area contributed by atoms with Crippen molar-refractivity contribution in [2.75, 3.05) is 32.3 Å². The molecule has 1 aliphatic heterocycles. The van der Waals surface area contributed by atoms with Crippen LogP contribution < -0.4 is 9.64 Å². The van der Waals surface area contributed by atoms with Crippen molar-refractivity contribution in [3.8, 4) is 5.75 Å². The number of anilines is 1. The van der Waals surface area contributed by atoms with Gasteiger partial charge in [0, 0.05) is 25.2 Å². The number of hydrogen-bond donors (Lipinski definition) is 0. The van der Waals surface area contributed by atoms with Gasteiger partial charge in [0.05, 0.1) is 10.9 Å². The van der Waals surface area contributed by atoms with Gasteiger partial charge in [0.1, 0.15) is 19.0 Å². The number of halogens is 1. The molecule has 1 unspecified atom stereocenters. The van der Waals surface area contributed by atoms with E-state index in [4.69, 9.17) is 4.74 Å². The molecule has 0 spiro atoms. The Morgan fingerprint density at radius 1 is 1.36 bits per heavy atom. The summed E-state index contributed by atoms with van der Waals surface area (Å²) in [5.41, 5.74) is 2.32. The van der Waals surface area contributed by atoms with E-state index < -0.39 is 6.67 Å². The zero-order valence-corrected chi connectivity index (χ0v) is 13.4. The number of aromatic nitrogens is 2. The lowest BCUT2D eigenvalue weighted by molar-refractivity contribution is 0.273. The zero-order chi connectivity index (χ0) is 15.5. The highest BCUT2D eigenvalue weighted by Crippen LogP contribution is 2.47. The number of ether oxygens (including phenoxy) is 1. The van der Waals surface area contributed by atoms with Gasteiger partial charge in [0.2, 0.25) is 5.95 Å². The molecule has 0 N–H and O–H groups in total. The highest BCUT2D eigenvalue weighted by molar-refractivity contribution is 7.99. The number of hydrogen-bond acceptors (Lipinski definition) is 5. The molecule has 2 aromatic rings. The number of rotatable bonds is 5. The number of alkyl halides is 1. The van der Waals surface area contributed by atoms with Crippen molar-refractivity contribution in [3.63, 3.8) is 0 Å². The van der Waals surface area contributed by atoms with Crippen molar-refractivity contribution >= 4 is 17.7 Å². The lowest BCUT2D eigenvalue weighted by atomic mass is 10.1. The molecule has 0 fully saturated rings. The van der Waals surface area contributed by atoms with Crippen molar-refractivity contribution in [1.82, 2.24) is 9.97 Å². The first kappa shape index (κ1) is 15.1. The lowest BCUT2D eigenvalue weighted by Gasteiger charge is -2.13. The average molecular weight is 319 g/mol. The Balaban J connectivity index is 1.77. The van der Waals surface area contributed by atoms with Crippen LogP contribution in [0.25, 0.3) is 0 Å². The second kappa shape index (κ2) is 6.52. The third kappa shape index (κ3) is 3.16. The maximum Gasteiger partial charge on any atom is 0.225 e. The summed E-state index contributed by atoms with van der Waals surface area (Å²) in [6.07, 6.45) is 2.74. The van der Waals surface area contributed by atoms with Crippen LogP contribution in [0.3, 0.4) is 0 Å². The van der Waals surface area contributed by atoms with Crippen LogP contribution in [-0.2, 0) is 6.42 Å². The minimum absolute atomic E-state index is 0.102. The molecule has 1 atom stereocenters. The number of thioether (sulfide) groups is 1. The van der Waals surface area contributed by atoms with Gasteiger partial charge in [-0.15, -0.1) is 11.8 Å². The predicted octanol–water partition coefficient (Wildman–Crippen LogP) is 3.28. The molecule has 1 aromatic heterocycles. The van der Waals surface area contributed by atoms with Crippen LogP contribution in [-0.4, -0.2) is 37.3 Å². The van der Waals surface area contributed by atoms with Crippen LogP contribution in [0.4, 0.5) is 10.3 Å². The SMILES string of the molecule is CN(C)c1nccc(C2Cc3ccc(OCCF)cc3S2)n1. The molecular weight excluding hydrogens is 301 g/mol. The van der Waals surface area contributed by atoms with E-state index in [1.54, 1.807) is 18.0 Å². The number of benzene rings is 1. The first-order valence-corrected chi connectivity index (χ1v) is 8.04. The van der Waals surface area contributed by atoms with E-state index in [0.717, 1.165) is 23.8 Å². The predicted molar refractivity (Wildman–Crippen MR) is 86.6 cm³/mol. The van der Waals surface area contributed by atoms with E-state index in [0.29, 0.717) is 0 Å². The molecule has 4 nitrogen and oxygen atoms in total. The van der Waals surface area contributed by atoms with Crippen molar-refractivity contribution in [3.05, 3.63) is 41.7 Å². The Morgan fingerprint density at radius 3 is 3.00 bits per heavy atom. The van der Waals surface area contributed by atoms with Crippen LogP contribution in [0.1, 0.15) is 16.5 Å². The first-order chi connectivity index (χ1) is 10.7. The molecule has 0 saturated carbocycles. The molecule has 0 saturated heterocycles. The van der Waals surface area contributed by atoms with E-state index >= 15 is 0 Å². The molecule has 22 heavy (non-hydrogen) atoms. The molecule has 1 aliphatic rings. The highest BCUT2D eigenvalue weighted by atomic mass is 32.2. The molecule has 0 amide bonds. The summed E-state index contributed by atoms with van der Waals surface area (Å²) in [5, 5.41) is 0.285. The van der Waals surface area contributed by atoms with Crippen molar-refractivity contribution < 1.29 is 9.13 Å². The smallest absolute Gasteiger partial charge is 0.225 e. The minimum Gasteiger partial charge on any atom is -0.491 e. The van der Waals surface area contributed by atoms with Gasteiger partial charge in [-0.05, 0) is 30.2 Å². The average Bonchev–Trinajstić information content (AvgIpc) is 2.96. The van der Waals surface area contributed by atoms with Crippen molar-refractivity contribution in [2.24, 2.45) is 0 Å². The van der Waals surface area contributed by atoms with Gasteiger partial charge in [-0.1, -0.05) is 6.07 Å². The summed E-state index contributed by atoms with van der Waals surface area (Å²) in [6.45, 7) is -0.369. The molecule has 116 valence electrons. The van der Waals surface area contributed by atoms with Gasteiger partial charge in [0.15, 0.2) is 0 Å². The van der Waals surface area contributed by atoms with Crippen LogP contribution in [0.2, 0.25) is 0 Å². The Labute approximate surface area is 133 Å². The summed E-state index contributed by atoms with van der Waals surface area (Å²) < 4.78 is 17.5. The van der Waals surface area contributed by atoms with Gasteiger partial charge >= 0.3 is 0 Å². The zero-order valence-electron chi connectivity index (χ0n) is 12.6. The second-order valence-electron chi connectivity index (χ2n) is 5.29. The molecule has 1 aromatic carbocycles. The Bertz CT molecular complexity index is 666. The van der Waals surface area contributed by atoms with Crippen LogP contribution in [0.15, 0.2) is 35.4 Å². The van der Waals surface area contributed by atoms with Crippen LogP contribution in [0, 0.1) is 0 Å². The second-order valence-corrected chi connectivity index (χ2v) is 6.54. The monoisotopic (exact) mass is 319 g/mol. The Morgan fingerprint density at radius 2 is 2.23 bits per heavy atom. The van der Waals surface area contributed by atoms with Crippen LogP contribution in [0.5, 0.6) is 5.75 Å². The standard InChI is InChI=1S/C16H18FN3OS/c1-20(2)16-18-7-5-13(19-16)15-9-11-3-4-12(21-8-6-17)10-14(11)22-15/h3-5,7,10,15H,6,8-9H2,1-2H3. The van der Waals surface area contributed by atoms with E-state index in [1.165, 1.54) is 10.5 Å². The largest absolute Gasteiger partial charge is 0.491 e. The van der Waals surface area contributed by atoms with Gasteiger partial charge in [0.25, 0.3) is 0 Å². The van der Waals surface area contributed by atoms with E-state index in [-0.39, 0.29) is 11.9 Å². The minimum atomic E-state index is -0.471. The highest BCUT2D eigenvalue weighted by Gasteiger charge is 2.25. The molecule has 0 radical (unpaired) electrons. The molecule has 0 aliphatic carbocycles. The fourth-order valence-electron chi connectivity index (χ4n) is 2.38. The first-order valence-electron chi connectivity index (χ1n) is 7.16. The van der Waals surface area contributed by atoms with Gasteiger partial charge < -0.3 is 9.64 Å². The summed E-state index contributed by atoms with van der Waals surface area (Å²) >= 11 is 1.77. The third-order valence-corrected chi connectivity index (χ3v) is 4.78. The van der Waals surface area contributed by atoms with Gasteiger partial charge in [-0.3, -0.25) is 0 Å². The fraction of sp³-hybridized carbons (Fsp3) is 0.375. The normalized spacial score (nSPS) is 16.4. The molecule has 2 heterocycles. The fourth-order valence-corrected chi connectivity index (χ4v) is 3.68. The van der Waals surface area contributed by atoms with Gasteiger partial charge in [-0.2, -0.15) is 0 Å². The summed E-state index contributed by atoms with van der Waals surface area (Å²) in [7, 11) is 3.87. The van der Waals surface area contributed by atoms with Gasteiger partial charge in [-0.25, -0.2) is 14.4 Å². The van der Waals surface area contributed by atoms with E-state index in [9.17, 15) is 4.39 Å². The summed E-state index contributed by atoms with van der Waals surface area (Å²) in [6, 6.07) is 7.92. The van der Waals surface area contributed by atoms with Crippen molar-refractivity contribution in [2.45, 2.75) is 16.6 Å². The Kier molecular flexibility index (Phi) is 4.47.